The van der Waals surface area contributed by atoms with Crippen LogP contribution in [0.4, 0.5) is 5.69 Å². The van der Waals surface area contributed by atoms with Crippen LogP contribution in [-0.2, 0) is 27.8 Å². The summed E-state index contributed by atoms with van der Waals surface area (Å²) in [5.41, 5.74) is 1.12. The third-order valence-corrected chi connectivity index (χ3v) is 7.17. The van der Waals surface area contributed by atoms with Crippen LogP contribution in [0, 0.1) is 13.8 Å². The summed E-state index contributed by atoms with van der Waals surface area (Å²) in [4.78, 5) is 28.8. The molecule has 0 atom stereocenters. The number of nitrogens with zero attached hydrogens (tertiary/aromatic N) is 3. The van der Waals surface area contributed by atoms with E-state index in [1.165, 1.54) is 6.07 Å². The summed E-state index contributed by atoms with van der Waals surface area (Å²) in [6.45, 7) is 2.95. The molecule has 0 radical (unpaired) electrons. The van der Waals surface area contributed by atoms with Gasteiger partial charge in [-0.1, -0.05) is 35.3 Å². The number of amides is 1. The number of hydrogen-bond donors (Lipinski definition) is 2. The average Bonchev–Trinajstić information content (AvgIpc) is 2.77. The molecule has 2 N–H and O–H groups in total. The second-order valence-corrected chi connectivity index (χ2v) is 9.66. The van der Waals surface area contributed by atoms with E-state index in [1.54, 1.807) is 38.2 Å². The van der Waals surface area contributed by atoms with Crippen LogP contribution in [0.5, 0.6) is 0 Å². The minimum atomic E-state index is -3.83. The molecule has 0 aliphatic heterocycles. The van der Waals surface area contributed by atoms with Gasteiger partial charge in [0, 0.05) is 30.5 Å². The number of aryl methyl sites for hydroxylation is 2. The van der Waals surface area contributed by atoms with E-state index in [0.717, 1.165) is 10.4 Å². The Labute approximate surface area is 200 Å². The molecule has 1 amide bonds. The monoisotopic (exact) mass is 509 g/mol. The van der Waals surface area contributed by atoms with Crippen LogP contribution >= 0.6 is 23.2 Å². The van der Waals surface area contributed by atoms with Crippen molar-refractivity contribution in [2.75, 3.05) is 11.9 Å². The zero-order valence-electron chi connectivity index (χ0n) is 17.8. The first kappa shape index (κ1) is 24.8. The smallest absolute Gasteiger partial charge is 0.287 e. The van der Waals surface area contributed by atoms with E-state index in [-0.39, 0.29) is 27.2 Å². The highest BCUT2D eigenvalue weighted by atomic mass is 35.5. The molecule has 0 saturated carbocycles. The molecule has 0 bridgehead atoms. The molecule has 0 aliphatic carbocycles. The van der Waals surface area contributed by atoms with E-state index in [1.807, 2.05) is 12.1 Å². The van der Waals surface area contributed by atoms with Crippen molar-refractivity contribution in [2.24, 2.45) is 0 Å². The average molecular weight is 510 g/mol. The number of carbonyl (C=O) groups excluding carboxylic acids is 1. The van der Waals surface area contributed by atoms with E-state index in [2.05, 4.69) is 20.1 Å². The topological polar surface area (TPSA) is 123 Å². The Morgan fingerprint density at radius 1 is 1.12 bits per heavy atom. The van der Waals surface area contributed by atoms with Crippen LogP contribution in [0.15, 0.2) is 52.3 Å². The van der Waals surface area contributed by atoms with Crippen molar-refractivity contribution in [3.63, 3.8) is 0 Å². The molecule has 0 saturated heterocycles. The van der Waals surface area contributed by atoms with Crippen molar-refractivity contribution in [2.45, 2.75) is 31.7 Å². The quantitative estimate of drug-likeness (QED) is 0.481. The van der Waals surface area contributed by atoms with E-state index in [0.29, 0.717) is 17.7 Å². The number of aromatic nitrogens is 3. The van der Waals surface area contributed by atoms with Gasteiger partial charge in [-0.25, -0.2) is 17.8 Å². The number of hydrogen-bond acceptors (Lipinski definition) is 6. The Morgan fingerprint density at radius 2 is 1.88 bits per heavy atom. The fraction of sp³-hybridized carbons (Fsp3) is 0.238. The van der Waals surface area contributed by atoms with Gasteiger partial charge in [0.2, 0.25) is 15.9 Å². The lowest BCUT2D eigenvalue weighted by atomic mass is 10.2. The van der Waals surface area contributed by atoms with Crippen LogP contribution in [0.1, 0.15) is 17.0 Å². The van der Waals surface area contributed by atoms with Crippen LogP contribution < -0.4 is 15.6 Å². The van der Waals surface area contributed by atoms with Gasteiger partial charge >= 0.3 is 0 Å². The minimum Gasteiger partial charge on any atom is -0.324 e. The molecule has 9 nitrogen and oxygen atoms in total. The highest BCUT2D eigenvalue weighted by Gasteiger charge is 2.19. The summed E-state index contributed by atoms with van der Waals surface area (Å²) in [5.74, 6) is -0.585. The van der Waals surface area contributed by atoms with Crippen LogP contribution in [0.25, 0.3) is 0 Å². The maximum absolute atomic E-state index is 12.8. The number of halogens is 2. The first-order valence-corrected chi connectivity index (χ1v) is 12.0. The fourth-order valence-electron chi connectivity index (χ4n) is 2.98. The third-order valence-electron chi connectivity index (χ3n) is 4.66. The van der Waals surface area contributed by atoms with E-state index < -0.39 is 28.0 Å². The Morgan fingerprint density at radius 3 is 2.58 bits per heavy atom. The molecule has 2 aromatic heterocycles. The lowest BCUT2D eigenvalue weighted by molar-refractivity contribution is -0.117. The molecule has 0 fully saturated rings. The maximum Gasteiger partial charge on any atom is 0.287 e. The van der Waals surface area contributed by atoms with Crippen molar-refractivity contribution in [3.8, 4) is 0 Å². The second-order valence-electron chi connectivity index (χ2n) is 7.17. The summed E-state index contributed by atoms with van der Waals surface area (Å²) in [7, 11) is -3.83. The predicted octanol–water partition coefficient (Wildman–Crippen LogP) is 2.72. The van der Waals surface area contributed by atoms with Gasteiger partial charge in [0.15, 0.2) is 0 Å². The van der Waals surface area contributed by atoms with Gasteiger partial charge in [0.25, 0.3) is 5.56 Å². The van der Waals surface area contributed by atoms with Gasteiger partial charge in [-0.05, 0) is 43.7 Å². The number of rotatable bonds is 8. The van der Waals surface area contributed by atoms with Gasteiger partial charge in [-0.2, -0.15) is 5.10 Å². The summed E-state index contributed by atoms with van der Waals surface area (Å²) < 4.78 is 29.0. The van der Waals surface area contributed by atoms with Crippen LogP contribution in [0.2, 0.25) is 10.0 Å². The van der Waals surface area contributed by atoms with Gasteiger partial charge in [-0.3, -0.25) is 14.6 Å². The predicted molar refractivity (Wildman–Crippen MR) is 126 cm³/mol. The largest absolute Gasteiger partial charge is 0.324 e. The first-order valence-electron chi connectivity index (χ1n) is 9.81. The lowest BCUT2D eigenvalue weighted by Crippen LogP contribution is -2.31. The lowest BCUT2D eigenvalue weighted by Gasteiger charge is -2.13. The van der Waals surface area contributed by atoms with E-state index >= 15 is 0 Å². The number of pyridine rings is 1. The highest BCUT2D eigenvalue weighted by Crippen LogP contribution is 2.21. The van der Waals surface area contributed by atoms with Crippen LogP contribution in [-0.4, -0.2) is 35.6 Å². The first-order chi connectivity index (χ1) is 15.6. The highest BCUT2D eigenvalue weighted by molar-refractivity contribution is 7.89. The van der Waals surface area contributed by atoms with E-state index in [4.69, 9.17) is 23.2 Å². The van der Waals surface area contributed by atoms with Crippen molar-refractivity contribution in [1.82, 2.24) is 19.5 Å². The number of carbonyl (C=O) groups is 1. The Bertz CT molecular complexity index is 1340. The SMILES string of the molecule is Cc1ccc(NC(=O)Cn2nc(C)c(Cl)c(Cl)c2=O)cc1S(=O)(=O)NCCc1ccccn1. The number of benzene rings is 1. The fourth-order valence-corrected chi connectivity index (χ4v) is 4.64. The molecule has 12 heteroatoms. The molecule has 0 unspecified atom stereocenters. The molecule has 1 aromatic carbocycles. The normalized spacial score (nSPS) is 11.4. The molecular formula is C21H21Cl2N5O4S. The standard InChI is InChI=1S/C21H21Cl2N5O4S/c1-13-6-7-16(26-18(29)12-28-21(30)20(23)19(22)14(2)27-28)11-17(13)33(31,32)25-10-8-15-5-3-4-9-24-15/h3-7,9,11,25H,8,10,12H2,1-2H3,(H,26,29). The molecule has 3 aromatic rings. The molecule has 174 valence electrons. The summed E-state index contributed by atoms with van der Waals surface area (Å²) in [6.07, 6.45) is 2.07. The van der Waals surface area contributed by atoms with Gasteiger partial charge in [-0.15, -0.1) is 0 Å². The molecule has 2 heterocycles. The Kier molecular flexibility index (Phi) is 7.85. The van der Waals surface area contributed by atoms with Crippen molar-refractivity contribution < 1.29 is 13.2 Å². The van der Waals surface area contributed by atoms with Crippen molar-refractivity contribution in [1.29, 1.82) is 0 Å². The number of anilines is 1. The Hall–Kier alpha value is -2.79. The van der Waals surface area contributed by atoms with Crippen molar-refractivity contribution >= 4 is 44.8 Å². The van der Waals surface area contributed by atoms with E-state index in [9.17, 15) is 18.0 Å². The molecule has 0 aliphatic rings. The van der Waals surface area contributed by atoms with Crippen LogP contribution in [0.3, 0.4) is 0 Å². The molecular weight excluding hydrogens is 489 g/mol. The molecule has 33 heavy (non-hydrogen) atoms. The van der Waals surface area contributed by atoms with Crippen molar-refractivity contribution in [3.05, 3.63) is 79.9 Å². The number of nitrogens with one attached hydrogen (secondary N) is 2. The Balaban J connectivity index is 1.72. The summed E-state index contributed by atoms with van der Waals surface area (Å²) in [5, 5.41) is 6.34. The molecule has 3 rings (SSSR count). The maximum atomic E-state index is 12.8. The zero-order valence-corrected chi connectivity index (χ0v) is 20.1. The minimum absolute atomic E-state index is 0.0296. The van der Waals surface area contributed by atoms with Gasteiger partial charge < -0.3 is 5.32 Å². The summed E-state index contributed by atoms with van der Waals surface area (Å²) in [6, 6.07) is 9.92. The molecule has 0 spiro atoms. The zero-order chi connectivity index (χ0) is 24.2. The van der Waals surface area contributed by atoms with Gasteiger partial charge in [0.1, 0.15) is 11.6 Å². The number of sulfonamides is 1. The summed E-state index contributed by atoms with van der Waals surface area (Å²) >= 11 is 11.8. The third kappa shape index (κ3) is 6.17. The second kappa shape index (κ2) is 10.4. The van der Waals surface area contributed by atoms with Gasteiger partial charge in [0.05, 0.1) is 15.6 Å².